The molecule has 0 unspecified atom stereocenters. The lowest BCUT2D eigenvalue weighted by molar-refractivity contribution is -0.115. The molecule has 2 nitrogen and oxygen atoms in total. The Bertz CT molecular complexity index is 599. The first kappa shape index (κ1) is 15.1. The predicted molar refractivity (Wildman–Crippen MR) is 87.4 cm³/mol. The average Bonchev–Trinajstić information content (AvgIpc) is 2.38. The zero-order chi connectivity index (χ0) is 14.7. The minimum atomic E-state index is -0.0394. The third-order valence-corrected chi connectivity index (χ3v) is 4.35. The molecule has 4 heteroatoms. The molecule has 104 valence electrons. The molecule has 2 rings (SSSR count). The van der Waals surface area contributed by atoms with E-state index in [0.29, 0.717) is 11.4 Å². The first-order valence-electron chi connectivity index (χ1n) is 6.27. The van der Waals surface area contributed by atoms with Gasteiger partial charge in [-0.25, -0.2) is 0 Å². The molecule has 0 aliphatic rings. The highest BCUT2D eigenvalue weighted by molar-refractivity contribution is 9.10. The van der Waals surface area contributed by atoms with Gasteiger partial charge in [0.1, 0.15) is 0 Å². The van der Waals surface area contributed by atoms with Crippen LogP contribution in [-0.4, -0.2) is 5.91 Å². The van der Waals surface area contributed by atoms with Crippen LogP contribution in [0.3, 0.4) is 0 Å². The molecule has 0 saturated carbocycles. The molecule has 0 aliphatic carbocycles. The van der Waals surface area contributed by atoms with Crippen LogP contribution in [0.15, 0.2) is 40.9 Å². The smallest absolute Gasteiger partial charge is 0.228 e. The Kier molecular flexibility index (Phi) is 4.84. The highest BCUT2D eigenvalue weighted by Gasteiger charge is 2.06. The van der Waals surface area contributed by atoms with E-state index in [1.54, 1.807) is 18.2 Å². The fourth-order valence-electron chi connectivity index (χ4n) is 1.88. The van der Waals surface area contributed by atoms with Gasteiger partial charge in [0.15, 0.2) is 0 Å². The fourth-order valence-corrected chi connectivity index (χ4v) is 2.37. The number of carbonyl (C=O) groups is 1. The van der Waals surface area contributed by atoms with E-state index < -0.39 is 0 Å². The third-order valence-electron chi connectivity index (χ3n) is 3.14. The second-order valence-corrected chi connectivity index (χ2v) is 6.03. The molecule has 0 saturated heterocycles. The zero-order valence-electron chi connectivity index (χ0n) is 11.3. The van der Waals surface area contributed by atoms with Crippen molar-refractivity contribution in [2.75, 3.05) is 5.32 Å². The Labute approximate surface area is 132 Å². The molecule has 0 bridgehead atoms. The summed E-state index contributed by atoms with van der Waals surface area (Å²) in [5.74, 6) is -0.0394. The van der Waals surface area contributed by atoms with E-state index in [4.69, 9.17) is 11.6 Å². The van der Waals surface area contributed by atoms with Gasteiger partial charge in [0.25, 0.3) is 0 Å². The lowest BCUT2D eigenvalue weighted by atomic mass is 10.0. The highest BCUT2D eigenvalue weighted by atomic mass is 79.9. The Morgan fingerprint density at radius 3 is 2.55 bits per heavy atom. The Morgan fingerprint density at radius 2 is 1.90 bits per heavy atom. The van der Waals surface area contributed by atoms with E-state index in [1.165, 1.54) is 11.1 Å². The zero-order valence-corrected chi connectivity index (χ0v) is 13.7. The number of carbonyl (C=O) groups excluding carboxylic acids is 1. The maximum atomic E-state index is 12.0. The molecule has 0 atom stereocenters. The molecule has 20 heavy (non-hydrogen) atoms. The van der Waals surface area contributed by atoms with Gasteiger partial charge in [-0.05, 0) is 64.7 Å². The largest absolute Gasteiger partial charge is 0.326 e. The molecule has 0 spiro atoms. The molecular weight excluding hydrogens is 338 g/mol. The van der Waals surface area contributed by atoms with E-state index in [1.807, 2.05) is 25.1 Å². The molecular formula is C16H15BrClNO. The predicted octanol–water partition coefficient (Wildman–Crippen LogP) is 4.90. The summed E-state index contributed by atoms with van der Waals surface area (Å²) in [7, 11) is 0. The van der Waals surface area contributed by atoms with Gasteiger partial charge in [-0.3, -0.25) is 4.79 Å². The Balaban J connectivity index is 2.04. The van der Waals surface area contributed by atoms with E-state index in [-0.39, 0.29) is 5.91 Å². The summed E-state index contributed by atoms with van der Waals surface area (Å²) in [4.78, 5) is 12.0. The van der Waals surface area contributed by atoms with Crippen molar-refractivity contribution in [3.8, 4) is 0 Å². The fraction of sp³-hybridized carbons (Fsp3) is 0.188. The third kappa shape index (κ3) is 3.84. The molecule has 1 N–H and O–H groups in total. The number of anilines is 1. The molecule has 0 heterocycles. The number of hydrogen-bond donors (Lipinski definition) is 1. The van der Waals surface area contributed by atoms with Crippen LogP contribution in [0.5, 0.6) is 0 Å². The van der Waals surface area contributed by atoms with Crippen LogP contribution in [0, 0.1) is 13.8 Å². The van der Waals surface area contributed by atoms with Crippen molar-refractivity contribution < 1.29 is 4.79 Å². The van der Waals surface area contributed by atoms with Crippen LogP contribution in [0.4, 0.5) is 5.69 Å². The van der Waals surface area contributed by atoms with Crippen molar-refractivity contribution in [2.45, 2.75) is 20.3 Å². The van der Waals surface area contributed by atoms with Crippen LogP contribution in [0.1, 0.15) is 16.7 Å². The van der Waals surface area contributed by atoms with Crippen LogP contribution >= 0.6 is 27.5 Å². The van der Waals surface area contributed by atoms with E-state index in [2.05, 4.69) is 28.2 Å². The lowest BCUT2D eigenvalue weighted by Crippen LogP contribution is -2.14. The van der Waals surface area contributed by atoms with Crippen LogP contribution in [-0.2, 0) is 11.2 Å². The number of aryl methyl sites for hydroxylation is 2. The standard InChI is InChI=1S/C16H15BrClNO/c1-10-3-4-12(7-11(10)2)8-16(20)19-13-5-6-15(18)14(17)9-13/h3-7,9H,8H2,1-2H3,(H,19,20). The number of hydrogen-bond acceptors (Lipinski definition) is 1. The summed E-state index contributed by atoms with van der Waals surface area (Å²) >= 11 is 9.26. The summed E-state index contributed by atoms with van der Waals surface area (Å²) in [6.45, 7) is 4.11. The van der Waals surface area contributed by atoms with Crippen LogP contribution in [0.25, 0.3) is 0 Å². The van der Waals surface area contributed by atoms with Gasteiger partial charge in [-0.1, -0.05) is 29.8 Å². The van der Waals surface area contributed by atoms with Gasteiger partial charge in [-0.2, -0.15) is 0 Å². The molecule has 0 fully saturated rings. The van der Waals surface area contributed by atoms with E-state index in [9.17, 15) is 4.79 Å². The van der Waals surface area contributed by atoms with E-state index >= 15 is 0 Å². The summed E-state index contributed by atoms with van der Waals surface area (Å²) in [5.41, 5.74) is 4.18. The molecule has 0 aliphatic heterocycles. The highest BCUT2D eigenvalue weighted by Crippen LogP contribution is 2.25. The number of amides is 1. The topological polar surface area (TPSA) is 29.1 Å². The normalized spacial score (nSPS) is 10.4. The van der Waals surface area contributed by atoms with Gasteiger partial charge in [-0.15, -0.1) is 0 Å². The first-order chi connectivity index (χ1) is 9.45. The van der Waals surface area contributed by atoms with Gasteiger partial charge in [0.05, 0.1) is 11.4 Å². The second-order valence-electron chi connectivity index (χ2n) is 4.77. The van der Waals surface area contributed by atoms with Crippen molar-refractivity contribution in [1.82, 2.24) is 0 Å². The second kappa shape index (κ2) is 6.42. The summed E-state index contributed by atoms with van der Waals surface area (Å²) in [5, 5.41) is 3.49. The van der Waals surface area contributed by atoms with Gasteiger partial charge < -0.3 is 5.32 Å². The Hall–Kier alpha value is -1.32. The van der Waals surface area contributed by atoms with Crippen molar-refractivity contribution in [3.63, 3.8) is 0 Å². The number of benzene rings is 2. The minimum Gasteiger partial charge on any atom is -0.326 e. The molecule has 2 aromatic rings. The minimum absolute atomic E-state index is 0.0394. The summed E-state index contributed by atoms with van der Waals surface area (Å²) in [6.07, 6.45) is 0.362. The molecule has 0 radical (unpaired) electrons. The first-order valence-corrected chi connectivity index (χ1v) is 7.44. The molecule has 1 amide bonds. The monoisotopic (exact) mass is 351 g/mol. The lowest BCUT2D eigenvalue weighted by Gasteiger charge is -2.08. The number of nitrogens with one attached hydrogen (secondary N) is 1. The average molecular weight is 353 g/mol. The Morgan fingerprint density at radius 1 is 1.15 bits per heavy atom. The van der Waals surface area contributed by atoms with Gasteiger partial charge in [0, 0.05) is 10.2 Å². The van der Waals surface area contributed by atoms with Crippen molar-refractivity contribution in [1.29, 1.82) is 0 Å². The summed E-state index contributed by atoms with van der Waals surface area (Å²) in [6, 6.07) is 11.4. The van der Waals surface area contributed by atoms with Crippen LogP contribution in [0.2, 0.25) is 5.02 Å². The van der Waals surface area contributed by atoms with Crippen molar-refractivity contribution in [3.05, 3.63) is 62.6 Å². The van der Waals surface area contributed by atoms with Gasteiger partial charge in [0.2, 0.25) is 5.91 Å². The SMILES string of the molecule is Cc1ccc(CC(=O)Nc2ccc(Cl)c(Br)c2)cc1C. The quantitative estimate of drug-likeness (QED) is 0.836. The summed E-state index contributed by atoms with van der Waals surface area (Å²) < 4.78 is 0.767. The van der Waals surface area contributed by atoms with Crippen molar-refractivity contribution in [2.24, 2.45) is 0 Å². The van der Waals surface area contributed by atoms with Crippen molar-refractivity contribution >= 4 is 39.1 Å². The van der Waals surface area contributed by atoms with E-state index in [0.717, 1.165) is 15.7 Å². The van der Waals surface area contributed by atoms with Gasteiger partial charge >= 0.3 is 0 Å². The molecule has 2 aromatic carbocycles. The molecule has 0 aromatic heterocycles. The number of halogens is 2. The number of rotatable bonds is 3. The maximum absolute atomic E-state index is 12.0. The van der Waals surface area contributed by atoms with Crippen LogP contribution < -0.4 is 5.32 Å². The maximum Gasteiger partial charge on any atom is 0.228 e.